The largest absolute Gasteiger partial charge is 0.372 e. The molecule has 0 saturated carbocycles. The lowest BCUT2D eigenvalue weighted by Gasteiger charge is -2.21. The second-order valence-corrected chi connectivity index (χ2v) is 5.20. The van der Waals surface area contributed by atoms with Crippen LogP contribution in [0, 0.1) is 12.7 Å². The van der Waals surface area contributed by atoms with Crippen LogP contribution in [0.25, 0.3) is 0 Å². The summed E-state index contributed by atoms with van der Waals surface area (Å²) in [6.45, 7) is 1.96. The Bertz CT molecular complexity index is 702. The molecular formula is C19H17FN2. The predicted octanol–water partition coefficient (Wildman–Crippen LogP) is 4.73. The molecule has 0 fully saturated rings. The normalized spacial score (nSPS) is 11.9. The Morgan fingerprint density at radius 2 is 1.73 bits per heavy atom. The Kier molecular flexibility index (Phi) is 4.15. The van der Waals surface area contributed by atoms with Crippen LogP contribution in [0.3, 0.4) is 0 Å². The number of rotatable bonds is 4. The van der Waals surface area contributed by atoms with Crippen LogP contribution in [0.5, 0.6) is 0 Å². The molecule has 0 aliphatic carbocycles. The van der Waals surface area contributed by atoms with E-state index in [1.807, 2.05) is 55.5 Å². The van der Waals surface area contributed by atoms with E-state index in [1.54, 1.807) is 12.3 Å². The van der Waals surface area contributed by atoms with Gasteiger partial charge in [-0.25, -0.2) is 4.39 Å². The minimum Gasteiger partial charge on any atom is -0.372 e. The number of aryl methyl sites for hydroxylation is 1. The molecule has 3 heteroatoms. The van der Waals surface area contributed by atoms with Crippen LogP contribution in [-0.4, -0.2) is 4.98 Å². The number of aromatic nitrogens is 1. The second kappa shape index (κ2) is 6.39. The third kappa shape index (κ3) is 3.14. The van der Waals surface area contributed by atoms with E-state index in [0.717, 1.165) is 22.5 Å². The molecule has 3 rings (SSSR count). The van der Waals surface area contributed by atoms with Gasteiger partial charge in [0, 0.05) is 11.9 Å². The van der Waals surface area contributed by atoms with Crippen LogP contribution >= 0.6 is 0 Å². The Balaban J connectivity index is 2.01. The third-order valence-corrected chi connectivity index (χ3v) is 3.62. The van der Waals surface area contributed by atoms with Crippen LogP contribution in [0.2, 0.25) is 0 Å². The third-order valence-electron chi connectivity index (χ3n) is 3.62. The van der Waals surface area contributed by atoms with E-state index in [4.69, 9.17) is 0 Å². The molecule has 0 aliphatic rings. The molecule has 3 aromatic rings. The van der Waals surface area contributed by atoms with E-state index in [2.05, 4.69) is 10.3 Å². The Morgan fingerprint density at radius 1 is 0.955 bits per heavy atom. The number of hydrogen-bond acceptors (Lipinski definition) is 2. The fourth-order valence-corrected chi connectivity index (χ4v) is 2.43. The highest BCUT2D eigenvalue weighted by Crippen LogP contribution is 2.27. The lowest BCUT2D eigenvalue weighted by molar-refractivity contribution is 0.627. The van der Waals surface area contributed by atoms with Crippen LogP contribution in [0.4, 0.5) is 10.1 Å². The molecule has 0 saturated heterocycles. The molecule has 110 valence electrons. The first kappa shape index (κ1) is 14.3. The van der Waals surface area contributed by atoms with E-state index >= 15 is 0 Å². The quantitative estimate of drug-likeness (QED) is 0.752. The SMILES string of the molecule is Cc1ccc(F)cc1NC(c1ccccc1)c1ccccn1. The van der Waals surface area contributed by atoms with E-state index in [0.29, 0.717) is 0 Å². The number of pyridine rings is 1. The van der Waals surface area contributed by atoms with Crippen molar-refractivity contribution in [1.29, 1.82) is 0 Å². The highest BCUT2D eigenvalue weighted by atomic mass is 19.1. The molecule has 1 N–H and O–H groups in total. The molecule has 22 heavy (non-hydrogen) atoms. The molecule has 0 amide bonds. The number of hydrogen-bond donors (Lipinski definition) is 1. The molecule has 2 aromatic carbocycles. The smallest absolute Gasteiger partial charge is 0.125 e. The van der Waals surface area contributed by atoms with Gasteiger partial charge in [0.25, 0.3) is 0 Å². The van der Waals surface area contributed by atoms with Gasteiger partial charge in [0.15, 0.2) is 0 Å². The summed E-state index contributed by atoms with van der Waals surface area (Å²) in [6.07, 6.45) is 1.77. The molecule has 1 atom stereocenters. The van der Waals surface area contributed by atoms with Gasteiger partial charge in [-0.1, -0.05) is 42.5 Å². The molecular weight excluding hydrogens is 275 g/mol. The van der Waals surface area contributed by atoms with E-state index in [9.17, 15) is 4.39 Å². The fraction of sp³-hybridized carbons (Fsp3) is 0.105. The Hall–Kier alpha value is -2.68. The summed E-state index contributed by atoms with van der Waals surface area (Å²) in [5.74, 6) is -0.249. The Labute approximate surface area is 129 Å². The first-order chi connectivity index (χ1) is 10.7. The standard InChI is InChI=1S/C19H17FN2/c1-14-10-11-16(20)13-18(14)22-19(15-7-3-2-4-8-15)17-9-5-6-12-21-17/h2-13,19,22H,1H3. The first-order valence-electron chi connectivity index (χ1n) is 7.22. The summed E-state index contributed by atoms with van der Waals surface area (Å²) in [5, 5.41) is 3.42. The maximum atomic E-state index is 13.5. The second-order valence-electron chi connectivity index (χ2n) is 5.20. The maximum Gasteiger partial charge on any atom is 0.125 e. The average molecular weight is 292 g/mol. The van der Waals surface area contributed by atoms with Gasteiger partial charge in [0.1, 0.15) is 5.82 Å². The number of benzene rings is 2. The molecule has 0 radical (unpaired) electrons. The number of anilines is 1. The minimum absolute atomic E-state index is 0.122. The summed E-state index contributed by atoms with van der Waals surface area (Å²) in [5.41, 5.74) is 3.76. The highest BCUT2D eigenvalue weighted by Gasteiger charge is 2.16. The summed E-state index contributed by atoms with van der Waals surface area (Å²) in [7, 11) is 0. The summed E-state index contributed by atoms with van der Waals surface area (Å²) in [6, 6.07) is 20.5. The maximum absolute atomic E-state index is 13.5. The molecule has 2 nitrogen and oxygen atoms in total. The average Bonchev–Trinajstić information content (AvgIpc) is 2.57. The van der Waals surface area contributed by atoms with Crippen molar-refractivity contribution in [3.05, 3.63) is 95.6 Å². The first-order valence-corrected chi connectivity index (χ1v) is 7.22. The molecule has 0 spiro atoms. The van der Waals surface area contributed by atoms with Gasteiger partial charge >= 0.3 is 0 Å². The van der Waals surface area contributed by atoms with Crippen molar-refractivity contribution in [1.82, 2.24) is 4.98 Å². The topological polar surface area (TPSA) is 24.9 Å². The zero-order chi connectivity index (χ0) is 15.4. The van der Waals surface area contributed by atoms with Crippen molar-refractivity contribution in [3.8, 4) is 0 Å². The van der Waals surface area contributed by atoms with Crippen LogP contribution < -0.4 is 5.32 Å². The van der Waals surface area contributed by atoms with Gasteiger partial charge in [-0.15, -0.1) is 0 Å². The molecule has 1 unspecified atom stereocenters. The van der Waals surface area contributed by atoms with Crippen LogP contribution in [-0.2, 0) is 0 Å². The lowest BCUT2D eigenvalue weighted by Crippen LogP contribution is -2.14. The van der Waals surface area contributed by atoms with Crippen molar-refractivity contribution in [2.24, 2.45) is 0 Å². The van der Waals surface area contributed by atoms with Crippen LogP contribution in [0.15, 0.2) is 72.9 Å². The summed E-state index contributed by atoms with van der Waals surface area (Å²) < 4.78 is 13.5. The van der Waals surface area contributed by atoms with Gasteiger partial charge in [0.2, 0.25) is 0 Å². The van der Waals surface area contributed by atoms with E-state index in [-0.39, 0.29) is 11.9 Å². The van der Waals surface area contributed by atoms with Crippen molar-refractivity contribution >= 4 is 5.69 Å². The van der Waals surface area contributed by atoms with Gasteiger partial charge in [-0.3, -0.25) is 4.98 Å². The monoisotopic (exact) mass is 292 g/mol. The number of nitrogens with one attached hydrogen (secondary N) is 1. The summed E-state index contributed by atoms with van der Waals surface area (Å²) in [4.78, 5) is 4.45. The van der Waals surface area contributed by atoms with Crippen molar-refractivity contribution < 1.29 is 4.39 Å². The molecule has 1 heterocycles. The molecule has 0 bridgehead atoms. The van der Waals surface area contributed by atoms with Crippen molar-refractivity contribution in [2.75, 3.05) is 5.32 Å². The van der Waals surface area contributed by atoms with Crippen LogP contribution in [0.1, 0.15) is 22.9 Å². The van der Waals surface area contributed by atoms with Crippen molar-refractivity contribution in [2.45, 2.75) is 13.0 Å². The van der Waals surface area contributed by atoms with E-state index < -0.39 is 0 Å². The van der Waals surface area contributed by atoms with E-state index in [1.165, 1.54) is 12.1 Å². The lowest BCUT2D eigenvalue weighted by atomic mass is 10.0. The summed E-state index contributed by atoms with van der Waals surface area (Å²) >= 11 is 0. The molecule has 1 aromatic heterocycles. The minimum atomic E-state index is -0.249. The highest BCUT2D eigenvalue weighted by molar-refractivity contribution is 5.54. The zero-order valence-electron chi connectivity index (χ0n) is 12.3. The molecule has 0 aliphatic heterocycles. The van der Waals surface area contributed by atoms with Gasteiger partial charge in [-0.2, -0.15) is 0 Å². The van der Waals surface area contributed by atoms with Crippen molar-refractivity contribution in [3.63, 3.8) is 0 Å². The predicted molar refractivity (Wildman–Crippen MR) is 87.3 cm³/mol. The van der Waals surface area contributed by atoms with Gasteiger partial charge < -0.3 is 5.32 Å². The Morgan fingerprint density at radius 3 is 2.45 bits per heavy atom. The van der Waals surface area contributed by atoms with Gasteiger partial charge in [0.05, 0.1) is 11.7 Å². The fourth-order valence-electron chi connectivity index (χ4n) is 2.43. The zero-order valence-corrected chi connectivity index (χ0v) is 12.3. The van der Waals surface area contributed by atoms with Gasteiger partial charge in [-0.05, 0) is 42.3 Å². The number of halogens is 1. The number of nitrogens with zero attached hydrogens (tertiary/aromatic N) is 1.